The summed E-state index contributed by atoms with van der Waals surface area (Å²) in [6, 6.07) is 12.2. The van der Waals surface area contributed by atoms with Crippen molar-refractivity contribution in [3.8, 4) is 11.6 Å². The lowest BCUT2D eigenvalue weighted by Crippen LogP contribution is -2.31. The van der Waals surface area contributed by atoms with E-state index >= 15 is 0 Å². The number of amides is 1. The molecule has 0 saturated heterocycles. The summed E-state index contributed by atoms with van der Waals surface area (Å²) < 4.78 is 28.5. The number of nitrogens with zero attached hydrogens (tertiary/aromatic N) is 1. The number of ether oxygens (including phenoxy) is 1. The van der Waals surface area contributed by atoms with Crippen molar-refractivity contribution in [1.29, 1.82) is 0 Å². The Labute approximate surface area is 171 Å². The van der Waals surface area contributed by atoms with E-state index in [0.717, 1.165) is 42.2 Å². The number of benzene rings is 1. The predicted octanol–water partition coefficient (Wildman–Crippen LogP) is 4.12. The molecule has 1 aromatic carbocycles. The van der Waals surface area contributed by atoms with Gasteiger partial charge in [-0.3, -0.25) is 4.79 Å². The Morgan fingerprint density at radius 2 is 1.97 bits per heavy atom. The minimum atomic E-state index is -3.26. The number of carbonyl (C=O) groups excluding carboxylic acids is 1. The van der Waals surface area contributed by atoms with Crippen molar-refractivity contribution >= 4 is 21.3 Å². The van der Waals surface area contributed by atoms with E-state index in [1.54, 1.807) is 25.1 Å². The first-order chi connectivity index (χ1) is 13.8. The van der Waals surface area contributed by atoms with Gasteiger partial charge in [0.25, 0.3) is 5.91 Å². The van der Waals surface area contributed by atoms with Gasteiger partial charge < -0.3 is 10.1 Å². The molecule has 0 bridgehead atoms. The lowest BCUT2D eigenvalue weighted by atomic mass is 10.1. The highest BCUT2D eigenvalue weighted by Gasteiger charge is 2.19. The second-order valence-electron chi connectivity index (χ2n) is 7.01. The van der Waals surface area contributed by atoms with Gasteiger partial charge in [0, 0.05) is 17.7 Å². The number of allylic oxidation sites excluding steroid dienone is 2. The average Bonchev–Trinajstić information content (AvgIpc) is 3.21. The first-order valence-electron chi connectivity index (χ1n) is 9.44. The fourth-order valence-corrected chi connectivity index (χ4v) is 3.49. The van der Waals surface area contributed by atoms with E-state index in [9.17, 15) is 13.2 Å². The molecule has 0 radical (unpaired) electrons. The highest BCUT2D eigenvalue weighted by molar-refractivity contribution is 7.93. The maximum atomic E-state index is 12.8. The topological polar surface area (TPSA) is 85.4 Å². The normalized spacial score (nSPS) is 15.2. The molecule has 1 atom stereocenters. The fraction of sp³-hybridized carbons (Fsp3) is 0.273. The van der Waals surface area contributed by atoms with E-state index in [0.29, 0.717) is 5.75 Å². The number of rotatable bonds is 7. The third-order valence-electron chi connectivity index (χ3n) is 4.41. The molecule has 2 aromatic rings. The van der Waals surface area contributed by atoms with Gasteiger partial charge in [0.05, 0.1) is 5.69 Å². The Balaban J connectivity index is 1.87. The molecule has 0 aliphatic heterocycles. The van der Waals surface area contributed by atoms with Crippen LogP contribution in [0.4, 0.5) is 0 Å². The zero-order valence-corrected chi connectivity index (χ0v) is 17.3. The molecule has 1 heterocycles. The van der Waals surface area contributed by atoms with Gasteiger partial charge in [-0.25, -0.2) is 13.4 Å². The van der Waals surface area contributed by atoms with Gasteiger partial charge in [0.15, 0.2) is 9.84 Å². The average molecular weight is 413 g/mol. The summed E-state index contributed by atoms with van der Waals surface area (Å²) in [6.07, 6.45) is 7.76. The second kappa shape index (κ2) is 9.05. The van der Waals surface area contributed by atoms with E-state index in [4.69, 9.17) is 4.74 Å². The van der Waals surface area contributed by atoms with Gasteiger partial charge in [0.1, 0.15) is 11.3 Å². The molecule has 29 heavy (non-hydrogen) atoms. The Morgan fingerprint density at radius 3 is 2.62 bits per heavy atom. The van der Waals surface area contributed by atoms with Crippen LogP contribution in [-0.4, -0.2) is 31.6 Å². The predicted molar refractivity (Wildman–Crippen MR) is 113 cm³/mol. The van der Waals surface area contributed by atoms with Gasteiger partial charge in [-0.2, -0.15) is 0 Å². The van der Waals surface area contributed by atoms with Gasteiger partial charge in [-0.15, -0.1) is 0 Å². The number of carbonyl (C=O) groups is 1. The molecule has 152 valence electrons. The Hall–Kier alpha value is -2.93. The van der Waals surface area contributed by atoms with Crippen molar-refractivity contribution in [3.63, 3.8) is 0 Å². The van der Waals surface area contributed by atoms with Crippen molar-refractivity contribution in [3.05, 3.63) is 71.3 Å². The molecule has 6 nitrogen and oxygen atoms in total. The molecule has 0 spiro atoms. The lowest BCUT2D eigenvalue weighted by molar-refractivity contribution is 0.0944. The summed E-state index contributed by atoms with van der Waals surface area (Å²) >= 11 is 0. The molecule has 1 unspecified atom stereocenters. The van der Waals surface area contributed by atoms with Gasteiger partial charge in [0.2, 0.25) is 5.88 Å². The second-order valence-corrected chi connectivity index (χ2v) is 8.94. The van der Waals surface area contributed by atoms with Crippen LogP contribution in [0.15, 0.2) is 60.0 Å². The van der Waals surface area contributed by atoms with E-state index in [1.165, 1.54) is 6.08 Å². The molecular weight excluding hydrogens is 388 g/mol. The molecule has 0 fully saturated rings. The first kappa shape index (κ1) is 20.8. The van der Waals surface area contributed by atoms with Crippen molar-refractivity contribution in [2.24, 2.45) is 0 Å². The van der Waals surface area contributed by atoms with E-state index in [1.807, 2.05) is 24.3 Å². The van der Waals surface area contributed by atoms with Crippen LogP contribution in [0, 0.1) is 0 Å². The largest absolute Gasteiger partial charge is 0.438 e. The summed E-state index contributed by atoms with van der Waals surface area (Å²) in [6.45, 7) is 1.70. The molecule has 0 saturated carbocycles. The van der Waals surface area contributed by atoms with Gasteiger partial charge in [-0.05, 0) is 56.0 Å². The molecular formula is C22H24N2O4S. The van der Waals surface area contributed by atoms with Crippen LogP contribution in [0.2, 0.25) is 0 Å². The van der Waals surface area contributed by atoms with E-state index in [2.05, 4.69) is 16.4 Å². The Kier molecular flexibility index (Phi) is 6.49. The van der Waals surface area contributed by atoms with E-state index < -0.39 is 15.9 Å². The van der Waals surface area contributed by atoms with Crippen LogP contribution in [0.5, 0.6) is 11.6 Å². The number of pyridine rings is 1. The van der Waals surface area contributed by atoms with Crippen molar-refractivity contribution in [1.82, 2.24) is 10.3 Å². The molecule has 7 heteroatoms. The number of para-hydroxylation sites is 1. The summed E-state index contributed by atoms with van der Waals surface area (Å²) in [4.78, 5) is 17.4. The number of nitrogens with one attached hydrogen (secondary N) is 1. The van der Waals surface area contributed by atoms with Gasteiger partial charge in [-0.1, -0.05) is 30.4 Å². The minimum Gasteiger partial charge on any atom is -0.438 e. The molecule has 1 amide bonds. The Morgan fingerprint density at radius 1 is 1.21 bits per heavy atom. The van der Waals surface area contributed by atoms with Crippen LogP contribution < -0.4 is 10.1 Å². The van der Waals surface area contributed by atoms with Crippen LogP contribution in [0.3, 0.4) is 0 Å². The minimum absolute atomic E-state index is 0.221. The number of aromatic nitrogens is 1. The zero-order chi connectivity index (χ0) is 20.9. The quantitative estimate of drug-likeness (QED) is 0.739. The maximum absolute atomic E-state index is 12.8. The number of sulfone groups is 1. The standard InChI is InChI=1S/C22H24N2O4S/c1-16(14-15-29(2,26)27)23-21(25)19-12-13-20(17-8-6-7-9-17)24-22(19)28-18-10-4-3-5-11-18/h3-5,8,10-16H,6-7,9H2,1-2H3,(H,23,25). The maximum Gasteiger partial charge on any atom is 0.257 e. The van der Waals surface area contributed by atoms with Crippen LogP contribution >= 0.6 is 0 Å². The van der Waals surface area contributed by atoms with Crippen molar-refractivity contribution < 1.29 is 17.9 Å². The van der Waals surface area contributed by atoms with Crippen LogP contribution in [-0.2, 0) is 9.84 Å². The molecule has 1 aliphatic carbocycles. The summed E-state index contributed by atoms with van der Waals surface area (Å²) in [5, 5.41) is 3.84. The van der Waals surface area contributed by atoms with Crippen LogP contribution in [0.25, 0.3) is 5.57 Å². The highest BCUT2D eigenvalue weighted by Crippen LogP contribution is 2.30. The molecule has 1 aliphatic rings. The molecule has 3 rings (SSSR count). The van der Waals surface area contributed by atoms with Gasteiger partial charge >= 0.3 is 0 Å². The monoisotopic (exact) mass is 412 g/mol. The highest BCUT2D eigenvalue weighted by atomic mass is 32.2. The third-order valence-corrected chi connectivity index (χ3v) is 5.06. The number of hydrogen-bond acceptors (Lipinski definition) is 5. The van der Waals surface area contributed by atoms with Crippen molar-refractivity contribution in [2.75, 3.05) is 6.26 Å². The first-order valence-corrected chi connectivity index (χ1v) is 11.4. The SMILES string of the molecule is CC(C=CS(C)(=O)=O)NC(=O)c1ccc(C2=CCCC2)nc1Oc1ccccc1. The molecule has 1 N–H and O–H groups in total. The zero-order valence-electron chi connectivity index (χ0n) is 16.5. The Bertz CT molecular complexity index is 1040. The third kappa shape index (κ3) is 6.02. The van der Waals surface area contributed by atoms with E-state index in [-0.39, 0.29) is 17.4 Å². The summed E-state index contributed by atoms with van der Waals surface area (Å²) in [7, 11) is -3.26. The lowest BCUT2D eigenvalue weighted by Gasteiger charge is -2.14. The van der Waals surface area contributed by atoms with Crippen molar-refractivity contribution in [2.45, 2.75) is 32.2 Å². The van der Waals surface area contributed by atoms with Crippen LogP contribution in [0.1, 0.15) is 42.2 Å². The summed E-state index contributed by atoms with van der Waals surface area (Å²) in [5.74, 6) is 0.413. The number of hydrogen-bond donors (Lipinski definition) is 1. The fourth-order valence-electron chi connectivity index (χ4n) is 2.97. The smallest absolute Gasteiger partial charge is 0.257 e. The molecule has 1 aromatic heterocycles. The summed E-state index contributed by atoms with van der Waals surface area (Å²) in [5.41, 5.74) is 2.24.